The number of hydrogen-bond acceptors (Lipinski definition) is 4. The van der Waals surface area contributed by atoms with Crippen molar-refractivity contribution in [2.75, 3.05) is 26.4 Å². The highest BCUT2D eigenvalue weighted by molar-refractivity contribution is 5.31. The minimum Gasteiger partial charge on any atom is -0.348 e. The Bertz CT molecular complexity index is 928. The summed E-state index contributed by atoms with van der Waals surface area (Å²) in [6, 6.07) is 0. The van der Waals surface area contributed by atoms with Gasteiger partial charge >= 0.3 is 0 Å². The zero-order valence-electron chi connectivity index (χ0n) is 21.6. The molecule has 7 aliphatic carbocycles. The second kappa shape index (κ2) is 8.16. The molecule has 3 spiro atoms. The molecule has 192 valence electrons. The van der Waals surface area contributed by atoms with Crippen molar-refractivity contribution in [3.8, 4) is 0 Å². The average Bonchev–Trinajstić information content (AvgIpc) is 3.19. The molecule has 35 heavy (non-hydrogen) atoms. The van der Waals surface area contributed by atoms with Gasteiger partial charge in [0.1, 0.15) is 0 Å². The number of rotatable bonds is 0. The second-order valence-electron chi connectivity index (χ2n) is 13.6. The summed E-state index contributed by atoms with van der Waals surface area (Å²) in [6.45, 7) is 2.94. The Labute approximate surface area is 211 Å². The standard InChI is InChI=1S/C31H44O4/c1-2-11-25-21(7-1)15-23-9-6-14-28(25)31(23)34-19-29(20-35-31)17-32-30(33-18-29)16-22-8-5-13-27(30)26-12-4-3-10-24(22)26/h22-23,27-28H,1-20H2/t22-,23?,27?,28+,29?,30?,31?/m0/s1. The van der Waals surface area contributed by atoms with E-state index in [2.05, 4.69) is 0 Å². The third kappa shape index (κ3) is 3.25. The Morgan fingerprint density at radius 1 is 0.571 bits per heavy atom. The van der Waals surface area contributed by atoms with Crippen LogP contribution in [0.3, 0.4) is 0 Å². The summed E-state index contributed by atoms with van der Waals surface area (Å²) >= 11 is 0. The summed E-state index contributed by atoms with van der Waals surface area (Å²) in [5.74, 6) is 1.48. The van der Waals surface area contributed by atoms with Crippen molar-refractivity contribution in [2.24, 2.45) is 29.1 Å². The molecule has 4 heteroatoms. The molecule has 4 nitrogen and oxygen atoms in total. The molecule has 0 radical (unpaired) electrons. The summed E-state index contributed by atoms with van der Waals surface area (Å²) in [5.41, 5.74) is 6.91. The predicted molar refractivity (Wildman–Crippen MR) is 134 cm³/mol. The fourth-order valence-electron chi connectivity index (χ4n) is 9.96. The van der Waals surface area contributed by atoms with Gasteiger partial charge in [-0.25, -0.2) is 0 Å². The summed E-state index contributed by atoms with van der Waals surface area (Å²) in [7, 11) is 0. The summed E-state index contributed by atoms with van der Waals surface area (Å²) < 4.78 is 27.7. The summed E-state index contributed by atoms with van der Waals surface area (Å²) in [4.78, 5) is 0. The quantitative estimate of drug-likeness (QED) is 0.356. The first kappa shape index (κ1) is 22.3. The van der Waals surface area contributed by atoms with E-state index in [0.29, 0.717) is 23.7 Å². The van der Waals surface area contributed by atoms with Crippen LogP contribution in [-0.4, -0.2) is 38.0 Å². The van der Waals surface area contributed by atoms with Crippen LogP contribution in [0.4, 0.5) is 0 Å². The van der Waals surface area contributed by atoms with Crippen LogP contribution in [0.15, 0.2) is 22.3 Å². The van der Waals surface area contributed by atoms with Gasteiger partial charge in [0.25, 0.3) is 0 Å². The van der Waals surface area contributed by atoms with Gasteiger partial charge in [-0.1, -0.05) is 35.1 Å². The fourth-order valence-corrected chi connectivity index (χ4v) is 9.96. The molecule has 4 bridgehead atoms. The monoisotopic (exact) mass is 480 g/mol. The molecule has 0 N–H and O–H groups in total. The van der Waals surface area contributed by atoms with E-state index in [1.165, 1.54) is 96.3 Å². The Morgan fingerprint density at radius 2 is 1.23 bits per heavy atom. The number of allylic oxidation sites excluding steroid dienone is 2. The highest BCUT2D eigenvalue weighted by Gasteiger charge is 2.61. The van der Waals surface area contributed by atoms with Crippen molar-refractivity contribution >= 4 is 0 Å². The van der Waals surface area contributed by atoms with Crippen LogP contribution in [0.5, 0.6) is 0 Å². The van der Waals surface area contributed by atoms with Gasteiger partial charge in [-0.05, 0) is 89.4 Å². The van der Waals surface area contributed by atoms with Gasteiger partial charge in [0.05, 0.1) is 31.8 Å². The first-order valence-corrected chi connectivity index (χ1v) is 15.2. The summed E-state index contributed by atoms with van der Waals surface area (Å²) in [5, 5.41) is 0. The van der Waals surface area contributed by atoms with Gasteiger partial charge in [0, 0.05) is 24.2 Å². The van der Waals surface area contributed by atoms with Gasteiger partial charge in [-0.3, -0.25) is 0 Å². The molecular formula is C31H44O4. The van der Waals surface area contributed by atoms with Crippen LogP contribution in [0, 0.1) is 29.1 Å². The van der Waals surface area contributed by atoms with Crippen molar-refractivity contribution < 1.29 is 18.9 Å². The van der Waals surface area contributed by atoms with Crippen molar-refractivity contribution in [1.29, 1.82) is 0 Å². The van der Waals surface area contributed by atoms with Crippen LogP contribution >= 0.6 is 0 Å². The molecular weight excluding hydrogens is 436 g/mol. The largest absolute Gasteiger partial charge is 0.348 e. The van der Waals surface area contributed by atoms with Crippen molar-refractivity contribution in [3.63, 3.8) is 0 Å². The Hall–Kier alpha value is -0.680. The zero-order chi connectivity index (χ0) is 23.1. The Morgan fingerprint density at radius 3 is 2.06 bits per heavy atom. The lowest BCUT2D eigenvalue weighted by atomic mass is 9.61. The molecule has 0 aromatic carbocycles. The van der Waals surface area contributed by atoms with Gasteiger partial charge in [-0.15, -0.1) is 0 Å². The lowest BCUT2D eigenvalue weighted by molar-refractivity contribution is -0.400. The van der Waals surface area contributed by atoms with E-state index >= 15 is 0 Å². The fraction of sp³-hybridized carbons (Fsp3) is 0.871. The third-order valence-corrected chi connectivity index (χ3v) is 11.7. The van der Waals surface area contributed by atoms with Gasteiger partial charge in [0.2, 0.25) is 0 Å². The Balaban J connectivity index is 1.01. The lowest BCUT2D eigenvalue weighted by Crippen LogP contribution is -2.65. The molecule has 9 rings (SSSR count). The molecule has 2 unspecified atom stereocenters. The number of fused-ring (bicyclic) bond motifs is 3. The van der Waals surface area contributed by atoms with Crippen molar-refractivity contribution in [2.45, 2.75) is 114 Å². The molecule has 0 aromatic rings. The minimum absolute atomic E-state index is 0.138. The molecule has 2 saturated carbocycles. The molecule has 2 heterocycles. The maximum atomic E-state index is 6.94. The van der Waals surface area contributed by atoms with Gasteiger partial charge in [-0.2, -0.15) is 0 Å². The average molecular weight is 481 g/mol. The van der Waals surface area contributed by atoms with Crippen LogP contribution in [0.2, 0.25) is 0 Å². The molecule has 4 fully saturated rings. The van der Waals surface area contributed by atoms with Crippen LogP contribution < -0.4 is 0 Å². The topological polar surface area (TPSA) is 36.9 Å². The van der Waals surface area contributed by atoms with Gasteiger partial charge in [0.15, 0.2) is 11.6 Å². The first-order chi connectivity index (χ1) is 17.2. The van der Waals surface area contributed by atoms with Crippen LogP contribution in [0.1, 0.15) is 103 Å². The smallest absolute Gasteiger partial charge is 0.177 e. The van der Waals surface area contributed by atoms with Crippen LogP contribution in [-0.2, 0) is 18.9 Å². The zero-order valence-corrected chi connectivity index (χ0v) is 21.6. The molecule has 0 aromatic heterocycles. The minimum atomic E-state index is -0.374. The second-order valence-corrected chi connectivity index (χ2v) is 13.6. The molecule has 4 atom stereocenters. The number of hydrogen-bond donors (Lipinski definition) is 0. The number of ether oxygens (including phenoxy) is 4. The van der Waals surface area contributed by atoms with Gasteiger partial charge < -0.3 is 18.9 Å². The van der Waals surface area contributed by atoms with Crippen molar-refractivity contribution in [3.05, 3.63) is 22.3 Å². The Kier molecular flexibility index (Phi) is 5.20. The van der Waals surface area contributed by atoms with E-state index in [9.17, 15) is 0 Å². The maximum Gasteiger partial charge on any atom is 0.177 e. The molecule has 2 saturated heterocycles. The third-order valence-electron chi connectivity index (χ3n) is 11.7. The van der Waals surface area contributed by atoms with Crippen LogP contribution in [0.25, 0.3) is 0 Å². The lowest BCUT2D eigenvalue weighted by Gasteiger charge is -2.60. The molecule has 0 amide bonds. The normalized spacial score (nSPS) is 49.4. The van der Waals surface area contributed by atoms with E-state index in [4.69, 9.17) is 18.9 Å². The predicted octanol–water partition coefficient (Wildman–Crippen LogP) is 6.84. The van der Waals surface area contributed by atoms with E-state index in [-0.39, 0.29) is 17.0 Å². The highest BCUT2D eigenvalue weighted by atomic mass is 16.7. The van der Waals surface area contributed by atoms with E-state index in [1.807, 2.05) is 5.57 Å². The van der Waals surface area contributed by atoms with E-state index in [1.54, 1.807) is 16.7 Å². The van der Waals surface area contributed by atoms with Crippen molar-refractivity contribution in [1.82, 2.24) is 0 Å². The summed E-state index contributed by atoms with van der Waals surface area (Å²) in [6.07, 6.45) is 20.8. The molecule has 9 aliphatic rings. The highest BCUT2D eigenvalue weighted by Crippen LogP contribution is 2.59. The molecule has 2 aliphatic heterocycles. The SMILES string of the molecule is C1CCC2=C(C1)CC1CCC[C@H]2C12OCC1(COC3(C[C@@H]4CCCC3C3=C4CCCC3)OC1)CO2. The van der Waals surface area contributed by atoms with E-state index < -0.39 is 0 Å². The maximum absolute atomic E-state index is 6.94. The van der Waals surface area contributed by atoms with E-state index in [0.717, 1.165) is 32.8 Å². The first-order valence-electron chi connectivity index (χ1n) is 15.2.